The van der Waals surface area contributed by atoms with Crippen molar-refractivity contribution in [2.45, 2.75) is 48.0 Å². The van der Waals surface area contributed by atoms with Gasteiger partial charge in [-0.05, 0) is 25.8 Å². The summed E-state index contributed by atoms with van der Waals surface area (Å²) in [5, 5.41) is 14.3. The molecule has 0 unspecified atom stereocenters. The van der Waals surface area contributed by atoms with Crippen LogP contribution in [0, 0.1) is 29.4 Å². The molecule has 2 amide bonds. The van der Waals surface area contributed by atoms with Crippen molar-refractivity contribution in [3.05, 3.63) is 26.8 Å². The number of benzene rings is 1. The van der Waals surface area contributed by atoms with Crippen molar-refractivity contribution >= 4 is 28.9 Å². The number of nitrogens with one attached hydrogen (secondary N) is 1. The predicted octanol–water partition coefficient (Wildman–Crippen LogP) is 3.11. The molecule has 0 atom stereocenters. The number of amides is 2. The third-order valence-electron chi connectivity index (χ3n) is 4.40. The van der Waals surface area contributed by atoms with E-state index < -0.39 is 10.3 Å². The highest BCUT2D eigenvalue weighted by Crippen LogP contribution is 2.45. The summed E-state index contributed by atoms with van der Waals surface area (Å²) in [6, 6.07) is 0. The maximum Gasteiger partial charge on any atom is 0.277 e. The first kappa shape index (κ1) is 17.9. The molecule has 1 N–H and O–H groups in total. The number of hydrogen-bond donors (Lipinski definition) is 1. The summed E-state index contributed by atoms with van der Waals surface area (Å²) >= 11 is 0. The molecule has 1 aliphatic rings. The predicted molar refractivity (Wildman–Crippen MR) is 92.4 cm³/mol. The number of nitrogens with zero attached hydrogens (tertiary/aromatic N) is 2. The zero-order chi connectivity index (χ0) is 18.4. The highest BCUT2D eigenvalue weighted by molar-refractivity contribution is 6.05. The van der Waals surface area contributed by atoms with Crippen LogP contribution in [-0.2, 0) is 16.0 Å². The molecule has 1 aliphatic heterocycles. The zero-order valence-electron chi connectivity index (χ0n) is 14.9. The molecule has 0 bridgehead atoms. The Morgan fingerprint density at radius 2 is 1.79 bits per heavy atom. The van der Waals surface area contributed by atoms with Crippen molar-refractivity contribution < 1.29 is 14.5 Å². The molecule has 0 fully saturated rings. The molecule has 0 saturated carbocycles. The Morgan fingerprint density at radius 1 is 1.21 bits per heavy atom. The van der Waals surface area contributed by atoms with Crippen LogP contribution in [0.2, 0.25) is 0 Å². The maximum atomic E-state index is 12.4. The normalized spacial score (nSPS) is 13.7. The van der Waals surface area contributed by atoms with Gasteiger partial charge in [-0.2, -0.15) is 0 Å². The Bertz CT molecular complexity index is 747. The minimum absolute atomic E-state index is 0.00311. The Morgan fingerprint density at radius 3 is 2.25 bits per heavy atom. The summed E-state index contributed by atoms with van der Waals surface area (Å²) in [5.41, 5.74) is 2.01. The molecule has 1 aromatic carbocycles. The molecule has 7 heteroatoms. The number of carbonyl (C=O) groups excluding carboxylic acids is 2. The van der Waals surface area contributed by atoms with E-state index in [9.17, 15) is 19.7 Å². The van der Waals surface area contributed by atoms with Crippen LogP contribution in [-0.4, -0.2) is 23.3 Å². The van der Waals surface area contributed by atoms with E-state index in [1.165, 1.54) is 6.92 Å². The number of nitro groups is 1. The number of nitro benzene ring substituents is 1. The van der Waals surface area contributed by atoms with Gasteiger partial charge >= 0.3 is 0 Å². The lowest BCUT2D eigenvalue weighted by Crippen LogP contribution is -2.31. The summed E-state index contributed by atoms with van der Waals surface area (Å²) in [5.74, 6) is -0.394. The smallest absolute Gasteiger partial charge is 0.277 e. The average Bonchev–Trinajstić information content (AvgIpc) is 2.86. The molecule has 1 aromatic rings. The average molecular weight is 333 g/mol. The molecule has 2 rings (SSSR count). The first-order valence-electron chi connectivity index (χ1n) is 7.86. The third kappa shape index (κ3) is 2.86. The van der Waals surface area contributed by atoms with Crippen LogP contribution in [0.5, 0.6) is 0 Å². The second-order valence-corrected chi connectivity index (χ2v) is 7.18. The molecular formula is C17H23N3O4. The van der Waals surface area contributed by atoms with Crippen molar-refractivity contribution in [3.63, 3.8) is 0 Å². The van der Waals surface area contributed by atoms with Crippen LogP contribution in [0.25, 0.3) is 0 Å². The number of fused-ring (bicyclic) bond motifs is 1. The molecule has 0 spiro atoms. The first-order chi connectivity index (χ1) is 11.0. The van der Waals surface area contributed by atoms with Crippen molar-refractivity contribution in [2.24, 2.45) is 5.41 Å². The van der Waals surface area contributed by atoms with Gasteiger partial charge in [-0.25, -0.2) is 0 Å². The lowest BCUT2D eigenvalue weighted by Gasteiger charge is -2.24. The van der Waals surface area contributed by atoms with Crippen molar-refractivity contribution in [1.29, 1.82) is 0 Å². The Labute approximate surface area is 141 Å². The van der Waals surface area contributed by atoms with Crippen molar-refractivity contribution in [1.82, 2.24) is 0 Å². The molecule has 0 radical (unpaired) electrons. The quantitative estimate of drug-likeness (QED) is 0.665. The minimum atomic E-state index is -0.654. The molecule has 1 heterocycles. The largest absolute Gasteiger partial charge is 0.323 e. The summed E-state index contributed by atoms with van der Waals surface area (Å²) in [6.45, 7) is 10.5. The second kappa shape index (κ2) is 5.89. The van der Waals surface area contributed by atoms with E-state index in [4.69, 9.17) is 0 Å². The fraction of sp³-hybridized carbons (Fsp3) is 0.529. The van der Waals surface area contributed by atoms with E-state index in [0.29, 0.717) is 35.5 Å². The van der Waals surface area contributed by atoms with E-state index in [0.717, 1.165) is 5.56 Å². The third-order valence-corrected chi connectivity index (χ3v) is 4.40. The van der Waals surface area contributed by atoms with Gasteiger partial charge in [-0.15, -0.1) is 0 Å². The van der Waals surface area contributed by atoms with Gasteiger partial charge in [0.05, 0.1) is 21.9 Å². The van der Waals surface area contributed by atoms with Crippen LogP contribution in [0.3, 0.4) is 0 Å². The summed E-state index contributed by atoms with van der Waals surface area (Å²) in [4.78, 5) is 37.1. The number of carbonyl (C=O) groups is 2. The van der Waals surface area contributed by atoms with E-state index >= 15 is 0 Å². The van der Waals surface area contributed by atoms with Crippen molar-refractivity contribution in [2.75, 3.05) is 16.8 Å². The Hall–Kier alpha value is -2.44. The Kier molecular flexibility index (Phi) is 4.39. The zero-order valence-corrected chi connectivity index (χ0v) is 14.9. The van der Waals surface area contributed by atoms with Gasteiger partial charge in [0.1, 0.15) is 0 Å². The SMILES string of the molecule is CC(=O)N1CCc2c(C)c([N+](=O)[O-])c(C)c(NC(=O)C(C)(C)C)c21. The van der Waals surface area contributed by atoms with Gasteiger partial charge in [-0.3, -0.25) is 19.7 Å². The van der Waals surface area contributed by atoms with Crippen LogP contribution in [0.4, 0.5) is 17.1 Å². The molecule has 0 saturated heterocycles. The van der Waals surface area contributed by atoms with Crippen LogP contribution >= 0.6 is 0 Å². The van der Waals surface area contributed by atoms with E-state index in [1.807, 2.05) is 0 Å². The fourth-order valence-electron chi connectivity index (χ4n) is 3.03. The number of hydrogen-bond acceptors (Lipinski definition) is 4. The molecule has 130 valence electrons. The minimum Gasteiger partial charge on any atom is -0.323 e. The number of rotatable bonds is 2. The van der Waals surface area contributed by atoms with Crippen LogP contribution in [0.1, 0.15) is 44.4 Å². The highest BCUT2D eigenvalue weighted by atomic mass is 16.6. The monoisotopic (exact) mass is 333 g/mol. The lowest BCUT2D eigenvalue weighted by molar-refractivity contribution is -0.386. The summed E-state index contributed by atoms with van der Waals surface area (Å²) < 4.78 is 0. The summed E-state index contributed by atoms with van der Waals surface area (Å²) in [7, 11) is 0. The first-order valence-corrected chi connectivity index (χ1v) is 7.86. The summed E-state index contributed by atoms with van der Waals surface area (Å²) in [6.07, 6.45) is 0.542. The van der Waals surface area contributed by atoms with Crippen LogP contribution < -0.4 is 10.2 Å². The fourth-order valence-corrected chi connectivity index (χ4v) is 3.03. The van der Waals surface area contributed by atoms with E-state index in [2.05, 4.69) is 5.32 Å². The second-order valence-electron chi connectivity index (χ2n) is 7.18. The molecule has 0 aromatic heterocycles. The van der Waals surface area contributed by atoms with Gasteiger partial charge in [0.2, 0.25) is 11.8 Å². The molecule has 7 nitrogen and oxygen atoms in total. The van der Waals surface area contributed by atoms with Gasteiger partial charge in [-0.1, -0.05) is 20.8 Å². The van der Waals surface area contributed by atoms with E-state index in [1.54, 1.807) is 39.5 Å². The highest BCUT2D eigenvalue weighted by Gasteiger charge is 2.35. The van der Waals surface area contributed by atoms with Crippen molar-refractivity contribution in [3.8, 4) is 0 Å². The Balaban J connectivity index is 2.74. The topological polar surface area (TPSA) is 92.6 Å². The lowest BCUT2D eigenvalue weighted by atomic mass is 9.93. The maximum absolute atomic E-state index is 12.4. The van der Waals surface area contributed by atoms with Gasteiger partial charge in [0.25, 0.3) is 5.69 Å². The van der Waals surface area contributed by atoms with E-state index in [-0.39, 0.29) is 17.5 Å². The standard InChI is InChI=1S/C17H23N3O4/c1-9-12-7-8-19(11(3)21)15(12)13(10(2)14(9)20(23)24)18-16(22)17(4,5)6/h7-8H2,1-6H3,(H,18,22). The number of anilines is 2. The molecule has 0 aliphatic carbocycles. The van der Waals surface area contributed by atoms with Gasteiger partial charge in [0.15, 0.2) is 0 Å². The van der Waals surface area contributed by atoms with Gasteiger partial charge < -0.3 is 10.2 Å². The van der Waals surface area contributed by atoms with Crippen LogP contribution in [0.15, 0.2) is 0 Å². The molecular weight excluding hydrogens is 310 g/mol. The molecule has 24 heavy (non-hydrogen) atoms. The van der Waals surface area contributed by atoms with Gasteiger partial charge in [0, 0.05) is 24.4 Å².